The van der Waals surface area contributed by atoms with Crippen LogP contribution in [0.1, 0.15) is 15.9 Å². The monoisotopic (exact) mass is 281 g/mol. The molecule has 0 spiro atoms. The molecule has 6 heteroatoms. The standard InChI is InChI=1S/C13H9ClFNO3/c14-9-2-1-8(11(15)5-9)7-19-12-6-16-4-3-10(12)13(17)18/h1-6H,7H2,(H,17,18). The summed E-state index contributed by atoms with van der Waals surface area (Å²) in [4.78, 5) is 14.7. The molecule has 1 aromatic heterocycles. The third kappa shape index (κ3) is 3.20. The third-order valence-corrected chi connectivity index (χ3v) is 2.65. The Morgan fingerprint density at radius 3 is 2.89 bits per heavy atom. The molecular weight excluding hydrogens is 273 g/mol. The van der Waals surface area contributed by atoms with E-state index in [9.17, 15) is 9.18 Å². The SMILES string of the molecule is O=C(O)c1ccncc1OCc1ccc(Cl)cc1F. The molecular formula is C13H9ClFNO3. The fraction of sp³-hybridized carbons (Fsp3) is 0.0769. The molecule has 0 bridgehead atoms. The van der Waals surface area contributed by atoms with Gasteiger partial charge in [0, 0.05) is 16.8 Å². The van der Waals surface area contributed by atoms with Gasteiger partial charge in [0.1, 0.15) is 18.0 Å². The highest BCUT2D eigenvalue weighted by molar-refractivity contribution is 6.30. The summed E-state index contributed by atoms with van der Waals surface area (Å²) in [6.45, 7) is -0.102. The average Bonchev–Trinajstić information content (AvgIpc) is 2.38. The molecule has 0 saturated heterocycles. The number of carboxylic acid groups (broad SMARTS) is 1. The molecule has 1 aromatic carbocycles. The lowest BCUT2D eigenvalue weighted by Gasteiger charge is -2.09. The number of carbonyl (C=O) groups is 1. The van der Waals surface area contributed by atoms with Crippen molar-refractivity contribution in [1.82, 2.24) is 4.98 Å². The minimum absolute atomic E-state index is 0.0237. The summed E-state index contributed by atoms with van der Waals surface area (Å²) >= 11 is 5.63. The molecule has 0 atom stereocenters. The number of ether oxygens (including phenoxy) is 1. The predicted octanol–water partition coefficient (Wildman–Crippen LogP) is 3.15. The van der Waals surface area contributed by atoms with E-state index in [0.717, 1.165) is 0 Å². The predicted molar refractivity (Wildman–Crippen MR) is 66.9 cm³/mol. The summed E-state index contributed by atoms with van der Waals surface area (Å²) in [5, 5.41) is 9.24. The van der Waals surface area contributed by atoms with Gasteiger partial charge < -0.3 is 9.84 Å². The van der Waals surface area contributed by atoms with E-state index in [-0.39, 0.29) is 28.5 Å². The first-order valence-electron chi connectivity index (χ1n) is 5.32. The number of benzene rings is 1. The zero-order chi connectivity index (χ0) is 13.8. The second-order valence-corrected chi connectivity index (χ2v) is 4.14. The topological polar surface area (TPSA) is 59.4 Å². The van der Waals surface area contributed by atoms with Crippen LogP contribution in [0, 0.1) is 5.82 Å². The smallest absolute Gasteiger partial charge is 0.339 e. The van der Waals surface area contributed by atoms with Gasteiger partial charge >= 0.3 is 5.97 Å². The second kappa shape index (κ2) is 5.67. The Bertz CT molecular complexity index is 619. The summed E-state index contributed by atoms with van der Waals surface area (Å²) < 4.78 is 18.8. The summed E-state index contributed by atoms with van der Waals surface area (Å²) in [7, 11) is 0. The first-order chi connectivity index (χ1) is 9.08. The van der Waals surface area contributed by atoms with Gasteiger partial charge in [0.25, 0.3) is 0 Å². The minimum atomic E-state index is -1.13. The maximum atomic E-state index is 13.5. The lowest BCUT2D eigenvalue weighted by Crippen LogP contribution is -2.04. The van der Waals surface area contributed by atoms with E-state index in [1.54, 1.807) is 0 Å². The van der Waals surface area contributed by atoms with Gasteiger partial charge in [-0.1, -0.05) is 17.7 Å². The third-order valence-electron chi connectivity index (χ3n) is 2.41. The summed E-state index contributed by atoms with van der Waals surface area (Å²) in [5.74, 6) is -1.55. The van der Waals surface area contributed by atoms with Crippen LogP contribution in [0.15, 0.2) is 36.7 Å². The van der Waals surface area contributed by atoms with Crippen LogP contribution < -0.4 is 4.74 Å². The van der Waals surface area contributed by atoms with Crippen molar-refractivity contribution in [2.45, 2.75) is 6.61 Å². The second-order valence-electron chi connectivity index (χ2n) is 3.70. The summed E-state index contributed by atoms with van der Waals surface area (Å²) in [6, 6.07) is 5.50. The van der Waals surface area contributed by atoms with Crippen LogP contribution in [0.3, 0.4) is 0 Å². The Morgan fingerprint density at radius 1 is 1.42 bits per heavy atom. The van der Waals surface area contributed by atoms with Crippen molar-refractivity contribution in [3.05, 3.63) is 58.6 Å². The van der Waals surface area contributed by atoms with Crippen LogP contribution >= 0.6 is 11.6 Å². The van der Waals surface area contributed by atoms with Crippen molar-refractivity contribution in [2.75, 3.05) is 0 Å². The van der Waals surface area contributed by atoms with Crippen molar-refractivity contribution in [2.24, 2.45) is 0 Å². The quantitative estimate of drug-likeness (QED) is 0.935. The van der Waals surface area contributed by atoms with Gasteiger partial charge in [-0.2, -0.15) is 0 Å². The van der Waals surface area contributed by atoms with Crippen molar-refractivity contribution < 1.29 is 19.0 Å². The molecule has 0 aliphatic carbocycles. The molecule has 2 aromatic rings. The van der Waals surface area contributed by atoms with Gasteiger partial charge in [-0.05, 0) is 18.2 Å². The molecule has 1 N–H and O–H groups in total. The molecule has 0 unspecified atom stereocenters. The highest BCUT2D eigenvalue weighted by atomic mass is 35.5. The van der Waals surface area contributed by atoms with E-state index >= 15 is 0 Å². The zero-order valence-corrected chi connectivity index (χ0v) is 10.4. The van der Waals surface area contributed by atoms with Crippen molar-refractivity contribution >= 4 is 17.6 Å². The van der Waals surface area contributed by atoms with E-state index in [0.29, 0.717) is 0 Å². The molecule has 0 aliphatic heterocycles. The lowest BCUT2D eigenvalue weighted by molar-refractivity contribution is 0.0691. The van der Waals surface area contributed by atoms with Crippen LogP contribution in [0.5, 0.6) is 5.75 Å². The van der Waals surface area contributed by atoms with Crippen LogP contribution in [0.4, 0.5) is 4.39 Å². The van der Waals surface area contributed by atoms with Gasteiger partial charge in [-0.15, -0.1) is 0 Å². The molecule has 0 amide bonds. The van der Waals surface area contributed by atoms with Crippen LogP contribution in [-0.4, -0.2) is 16.1 Å². The molecule has 0 radical (unpaired) electrons. The van der Waals surface area contributed by atoms with Gasteiger partial charge in [0.05, 0.1) is 6.20 Å². The number of hydrogen-bond donors (Lipinski definition) is 1. The highest BCUT2D eigenvalue weighted by Crippen LogP contribution is 2.20. The van der Waals surface area contributed by atoms with Gasteiger partial charge in [0.2, 0.25) is 0 Å². The highest BCUT2D eigenvalue weighted by Gasteiger charge is 2.12. The maximum Gasteiger partial charge on any atom is 0.339 e. The van der Waals surface area contributed by atoms with Crippen molar-refractivity contribution in [3.63, 3.8) is 0 Å². The first kappa shape index (κ1) is 13.3. The summed E-state index contributed by atoms with van der Waals surface area (Å²) in [6.07, 6.45) is 2.62. The van der Waals surface area contributed by atoms with Crippen molar-refractivity contribution in [1.29, 1.82) is 0 Å². The largest absolute Gasteiger partial charge is 0.486 e. The number of aromatic nitrogens is 1. The molecule has 98 valence electrons. The Labute approximate surface area is 113 Å². The maximum absolute atomic E-state index is 13.5. The van der Waals surface area contributed by atoms with E-state index in [2.05, 4.69) is 4.98 Å². The fourth-order valence-electron chi connectivity index (χ4n) is 1.47. The normalized spacial score (nSPS) is 10.2. The van der Waals surface area contributed by atoms with Crippen LogP contribution in [-0.2, 0) is 6.61 Å². The number of aromatic carboxylic acids is 1. The van der Waals surface area contributed by atoms with Crippen LogP contribution in [0.2, 0.25) is 5.02 Å². The molecule has 0 fully saturated rings. The van der Waals surface area contributed by atoms with Gasteiger partial charge in [-0.3, -0.25) is 4.98 Å². The minimum Gasteiger partial charge on any atom is -0.486 e. The van der Waals surface area contributed by atoms with E-state index < -0.39 is 11.8 Å². The molecule has 0 saturated carbocycles. The Kier molecular flexibility index (Phi) is 3.97. The molecule has 19 heavy (non-hydrogen) atoms. The van der Waals surface area contributed by atoms with Crippen LogP contribution in [0.25, 0.3) is 0 Å². The number of rotatable bonds is 4. The fourth-order valence-corrected chi connectivity index (χ4v) is 1.62. The van der Waals surface area contributed by atoms with E-state index in [4.69, 9.17) is 21.4 Å². The number of hydrogen-bond acceptors (Lipinski definition) is 3. The lowest BCUT2D eigenvalue weighted by atomic mass is 10.2. The summed E-state index contributed by atoms with van der Waals surface area (Å²) in [5.41, 5.74) is 0.258. The first-order valence-corrected chi connectivity index (χ1v) is 5.70. The average molecular weight is 282 g/mol. The van der Waals surface area contributed by atoms with Gasteiger partial charge in [-0.25, -0.2) is 9.18 Å². The van der Waals surface area contributed by atoms with E-state index in [1.165, 1.54) is 36.7 Å². The molecule has 2 rings (SSSR count). The van der Waals surface area contributed by atoms with Gasteiger partial charge in [0.15, 0.2) is 5.75 Å². The Hall–Kier alpha value is -2.14. The number of carboxylic acids is 1. The Morgan fingerprint density at radius 2 is 2.21 bits per heavy atom. The zero-order valence-electron chi connectivity index (χ0n) is 9.64. The number of nitrogens with zero attached hydrogens (tertiary/aromatic N) is 1. The number of halogens is 2. The van der Waals surface area contributed by atoms with Crippen molar-refractivity contribution in [3.8, 4) is 5.75 Å². The Balaban J connectivity index is 2.17. The molecule has 0 aliphatic rings. The number of pyridine rings is 1. The molecule has 4 nitrogen and oxygen atoms in total. The van der Waals surface area contributed by atoms with E-state index in [1.807, 2.05) is 0 Å². The molecule has 1 heterocycles.